The highest BCUT2D eigenvalue weighted by Crippen LogP contribution is 2.45. The Kier molecular flexibility index (Phi) is 20.9. The van der Waals surface area contributed by atoms with E-state index in [9.17, 15) is 0 Å². The predicted molar refractivity (Wildman–Crippen MR) is 576 cm³/mol. The zero-order chi connectivity index (χ0) is 92.4. The van der Waals surface area contributed by atoms with Gasteiger partial charge in [0, 0.05) is 124 Å². The van der Waals surface area contributed by atoms with Gasteiger partial charge < -0.3 is 13.5 Å². The molecule has 0 atom stereocenters. The minimum absolute atomic E-state index is 0.859. The van der Waals surface area contributed by atoms with Crippen molar-refractivity contribution in [2.45, 2.75) is 26.9 Å². The van der Waals surface area contributed by atoms with Gasteiger partial charge in [0.1, 0.15) is 17.3 Å². The van der Waals surface area contributed by atoms with E-state index in [1.807, 2.05) is 48.5 Å². The normalized spacial score (nSPS) is 11.6. The molecule has 27 aromatic rings. The molecule has 0 bridgehead atoms. The molecule has 139 heavy (non-hydrogen) atoms. The van der Waals surface area contributed by atoms with Gasteiger partial charge in [-0.1, -0.05) is 370 Å². The highest BCUT2D eigenvalue weighted by molar-refractivity contribution is 6.23. The molecule has 10 heterocycles. The highest BCUT2D eigenvalue weighted by atomic mass is 15.1. The molecule has 0 radical (unpaired) electrons. The average molecular weight is 1780 g/mol. The molecule has 27 rings (SSSR count). The van der Waals surface area contributed by atoms with Crippen molar-refractivity contribution >= 4 is 125 Å². The molecule has 0 aliphatic rings. The smallest absolute Gasteiger partial charge is 0.141 e. The molecule has 0 amide bonds. The fourth-order valence-corrected chi connectivity index (χ4v) is 20.1. The molecular weight excluding hydrogens is 1690 g/mol. The second-order valence-electron chi connectivity index (χ2n) is 35.2. The van der Waals surface area contributed by atoms with Crippen molar-refractivity contribution in [2.75, 3.05) is 0 Å². The van der Waals surface area contributed by atoms with E-state index in [1.165, 1.54) is 5.52 Å². The van der Waals surface area contributed by atoms with Gasteiger partial charge in [-0.25, -0.2) is 44.9 Å². The Morgan fingerprint density at radius 2 is 0.496 bits per heavy atom. The maximum Gasteiger partial charge on any atom is 0.141 e. The van der Waals surface area contributed by atoms with Crippen LogP contribution in [0.15, 0.2) is 461 Å². The number of imidazole rings is 3. The topological polar surface area (TPSA) is 130 Å². The summed E-state index contributed by atoms with van der Waals surface area (Å²) in [7, 11) is 0. The van der Waals surface area contributed by atoms with Crippen molar-refractivity contribution < 1.29 is 0 Å². The number of nitrogens with zero attached hydrogens (tertiary/aromatic N) is 12. The zero-order valence-electron chi connectivity index (χ0n) is 76.2. The number of pyridine rings is 7. The van der Waals surface area contributed by atoms with Crippen molar-refractivity contribution in [3.8, 4) is 135 Å². The van der Waals surface area contributed by atoms with Crippen LogP contribution in [-0.2, 0) is 13.1 Å². The first-order valence-corrected chi connectivity index (χ1v) is 47.3. The monoisotopic (exact) mass is 1780 g/mol. The molecule has 0 saturated heterocycles. The van der Waals surface area contributed by atoms with Gasteiger partial charge in [0.15, 0.2) is 0 Å². The van der Waals surface area contributed by atoms with E-state index in [4.69, 9.17) is 44.9 Å². The lowest BCUT2D eigenvalue weighted by Gasteiger charge is -2.14. The first kappa shape index (κ1) is 82.5. The van der Waals surface area contributed by atoms with Crippen LogP contribution in [0, 0.1) is 0 Å². The van der Waals surface area contributed by atoms with E-state index in [1.54, 1.807) is 0 Å². The van der Waals surface area contributed by atoms with Crippen LogP contribution < -0.4 is 0 Å². The summed E-state index contributed by atoms with van der Waals surface area (Å²) < 4.78 is 6.64. The van der Waals surface area contributed by atoms with Crippen LogP contribution in [0.2, 0.25) is 0 Å². The Balaban J connectivity index is 0.000000110. The van der Waals surface area contributed by atoms with Crippen LogP contribution in [0.4, 0.5) is 0 Å². The maximum atomic E-state index is 5.27. The summed E-state index contributed by atoms with van der Waals surface area (Å²) >= 11 is 0. The number of hydrogen-bond donors (Lipinski definition) is 0. The number of aromatic nitrogens is 12. The van der Waals surface area contributed by atoms with Gasteiger partial charge >= 0.3 is 0 Å². The minimum atomic E-state index is 0.859. The summed E-state index contributed by atoms with van der Waals surface area (Å²) in [6, 6.07) is 157. The van der Waals surface area contributed by atoms with Crippen molar-refractivity contribution in [1.82, 2.24) is 58.4 Å². The fourth-order valence-electron chi connectivity index (χ4n) is 20.1. The quantitative estimate of drug-likeness (QED) is 0.0977. The van der Waals surface area contributed by atoms with E-state index in [-0.39, 0.29) is 0 Å². The highest BCUT2D eigenvalue weighted by Gasteiger charge is 2.23. The van der Waals surface area contributed by atoms with Crippen LogP contribution in [0.25, 0.3) is 260 Å². The first-order chi connectivity index (χ1) is 68.8. The summed E-state index contributed by atoms with van der Waals surface area (Å²) in [5.74, 6) is 1.99. The number of para-hydroxylation sites is 7. The van der Waals surface area contributed by atoms with Gasteiger partial charge in [-0.05, 0) is 142 Å². The molecule has 0 spiro atoms. The zero-order valence-corrected chi connectivity index (χ0v) is 76.2. The molecule has 17 aromatic carbocycles. The van der Waals surface area contributed by atoms with Gasteiger partial charge in [-0.15, -0.1) is 0 Å². The van der Waals surface area contributed by atoms with Crippen molar-refractivity contribution in [3.63, 3.8) is 0 Å². The minimum Gasteiger partial charge on any atom is -0.324 e. The summed E-state index contributed by atoms with van der Waals surface area (Å²) in [5, 5.41) is 13.4. The van der Waals surface area contributed by atoms with E-state index < -0.39 is 0 Å². The van der Waals surface area contributed by atoms with Crippen LogP contribution in [-0.4, -0.2) is 58.4 Å². The second kappa shape index (κ2) is 35.2. The Morgan fingerprint density at radius 3 is 0.885 bits per heavy atom. The molecule has 12 heteroatoms. The van der Waals surface area contributed by atoms with Gasteiger partial charge in [0.05, 0.1) is 95.0 Å². The Morgan fingerprint density at radius 1 is 0.194 bits per heavy atom. The Labute approximate surface area is 801 Å². The first-order valence-electron chi connectivity index (χ1n) is 47.3. The van der Waals surface area contributed by atoms with E-state index in [0.29, 0.717) is 0 Å². The molecule has 654 valence electrons. The van der Waals surface area contributed by atoms with Gasteiger partial charge in [-0.2, -0.15) is 0 Å². The molecular formula is C127H86N12. The Bertz CT molecular complexity index is 9430. The molecule has 12 nitrogen and oxygen atoms in total. The average Bonchev–Trinajstić information content (AvgIpc) is 1.51. The van der Waals surface area contributed by atoms with Crippen LogP contribution in [0.5, 0.6) is 0 Å². The van der Waals surface area contributed by atoms with Gasteiger partial charge in [0.25, 0.3) is 0 Å². The van der Waals surface area contributed by atoms with Gasteiger partial charge in [-0.3, -0.25) is 0 Å². The summed E-state index contributed by atoms with van der Waals surface area (Å²) in [4.78, 5) is 46.3. The third-order valence-corrected chi connectivity index (χ3v) is 27.0. The summed E-state index contributed by atoms with van der Waals surface area (Å²) in [6.45, 7) is 6.07. The summed E-state index contributed by atoms with van der Waals surface area (Å²) in [6.07, 6.45) is 4.16. The SMILES string of the molecule is CCn1c(-c2ccc(-c3ccc(-c4nc5ccccc5c5ccc6ccc(-c7ccccc7)nc6c45)cc3)cc2)nc2ccccc21.CCn1c(-c2cccc(-c3ccc(-c4nc5ccccc5c5ccc6ccc(-c7ccccc7)nc6c45)cc3)c2)nc2ccccc21.c1ccc(-c2ccc3ccc4c5ccccc5nc(-c5ccc(-c6ccn7cc(-c8ccccc8)nc7c6)cc5)c4c3n2)cc1. The third-order valence-electron chi connectivity index (χ3n) is 27.0. The third kappa shape index (κ3) is 15.2. The standard InChI is InChI=1S/2C43H30N4.C41H26N4/c1-2-47-39-18-9-8-17-38(39)46-43(47)33-14-10-13-32(27-33)28-19-21-30(22-20-28)42-40-35(34-15-6-7-16-37(34)45-42)25-23-31-24-26-36(44-41(31)40)29-11-4-3-5-12-29;1-2-47-39-15-9-8-14-38(39)46-43(47)33-22-18-29(19-23-33)28-16-20-31(21-17-28)42-40-35(34-12-6-7-13-37(34)45-42)26-24-32-25-27-36(44-41(32)40)30-10-4-3-5-11-30;1-3-9-28(10-4-1)35-22-20-31-19-21-34-33-13-7-8-14-36(33)44-41(39(34)40(31)43-35)30-17-15-27(16-18-30)32-23-24-45-26-37(42-38(45)25-32)29-11-5-2-6-12-29/h2*3-27H,2H2,1H3;1-26H. The molecule has 0 saturated carbocycles. The second-order valence-corrected chi connectivity index (χ2v) is 35.2. The summed E-state index contributed by atoms with van der Waals surface area (Å²) in [5.41, 5.74) is 34.5. The van der Waals surface area contributed by atoms with Crippen LogP contribution in [0.3, 0.4) is 0 Å². The van der Waals surface area contributed by atoms with E-state index in [2.05, 4.69) is 440 Å². The number of rotatable bonds is 14. The van der Waals surface area contributed by atoms with E-state index >= 15 is 0 Å². The van der Waals surface area contributed by atoms with Crippen LogP contribution in [0.1, 0.15) is 13.8 Å². The van der Waals surface area contributed by atoms with Crippen molar-refractivity contribution in [2.24, 2.45) is 0 Å². The largest absolute Gasteiger partial charge is 0.324 e. The number of aryl methyl sites for hydroxylation is 2. The number of benzene rings is 17. The molecule has 0 aliphatic carbocycles. The molecule has 0 unspecified atom stereocenters. The maximum absolute atomic E-state index is 5.27. The fraction of sp³-hybridized carbons (Fsp3) is 0.0315. The molecule has 10 aromatic heterocycles. The Hall–Kier alpha value is -18.4. The number of fused-ring (bicyclic) bond motifs is 18. The molecule has 0 N–H and O–H groups in total. The lowest BCUT2D eigenvalue weighted by Crippen LogP contribution is -1.97. The molecule has 0 fully saturated rings. The van der Waals surface area contributed by atoms with Crippen molar-refractivity contribution in [1.29, 1.82) is 0 Å². The molecule has 0 aliphatic heterocycles. The van der Waals surface area contributed by atoms with E-state index in [0.717, 1.165) is 268 Å². The van der Waals surface area contributed by atoms with Crippen molar-refractivity contribution in [3.05, 3.63) is 461 Å². The lowest BCUT2D eigenvalue weighted by molar-refractivity contribution is 0.796. The van der Waals surface area contributed by atoms with Crippen LogP contribution >= 0.6 is 0 Å². The predicted octanol–water partition coefficient (Wildman–Crippen LogP) is 32.2. The number of hydrogen-bond acceptors (Lipinski definition) is 9. The van der Waals surface area contributed by atoms with Gasteiger partial charge in [0.2, 0.25) is 0 Å². The lowest BCUT2D eigenvalue weighted by atomic mass is 9.95.